The Balaban J connectivity index is 1.65. The molecule has 1 aliphatic heterocycles. The van der Waals surface area contributed by atoms with Gasteiger partial charge in [0.2, 0.25) is 0 Å². The molecule has 146 valence electrons. The highest BCUT2D eigenvalue weighted by Crippen LogP contribution is 2.32. The second-order valence-corrected chi connectivity index (χ2v) is 9.59. The smallest absolute Gasteiger partial charge is 0.265 e. The van der Waals surface area contributed by atoms with Crippen LogP contribution in [0.25, 0.3) is 0 Å². The van der Waals surface area contributed by atoms with Crippen LogP contribution in [0.2, 0.25) is 10.0 Å². The summed E-state index contributed by atoms with van der Waals surface area (Å²) in [6.07, 6.45) is 3.76. The van der Waals surface area contributed by atoms with Crippen LogP contribution in [-0.2, 0) is 14.6 Å². The Morgan fingerprint density at radius 2 is 2.22 bits per heavy atom. The number of morpholine rings is 1. The maximum absolute atomic E-state index is 12.8. The van der Waals surface area contributed by atoms with Crippen LogP contribution in [0.15, 0.2) is 28.7 Å². The molecule has 1 amide bonds. The van der Waals surface area contributed by atoms with Gasteiger partial charge in [0.1, 0.15) is 23.3 Å². The summed E-state index contributed by atoms with van der Waals surface area (Å²) in [4.78, 5) is 18.5. The van der Waals surface area contributed by atoms with Crippen LogP contribution in [0.1, 0.15) is 9.67 Å². The van der Waals surface area contributed by atoms with E-state index in [2.05, 4.69) is 4.98 Å². The molecule has 0 saturated carbocycles. The van der Waals surface area contributed by atoms with Crippen molar-refractivity contribution >= 4 is 50.3 Å². The molecule has 3 rings (SSSR count). The molecule has 11 heteroatoms. The van der Waals surface area contributed by atoms with E-state index in [0.717, 1.165) is 17.6 Å². The number of nitrogens with zero attached hydrogens (tertiary/aromatic N) is 2. The summed E-state index contributed by atoms with van der Waals surface area (Å²) in [5.41, 5.74) is 0. The van der Waals surface area contributed by atoms with Crippen molar-refractivity contribution in [2.45, 2.75) is 11.0 Å². The quantitative estimate of drug-likeness (QED) is 0.695. The van der Waals surface area contributed by atoms with Gasteiger partial charge in [0.15, 0.2) is 9.84 Å². The summed E-state index contributed by atoms with van der Waals surface area (Å²) in [5, 5.41) is 1.82. The first-order chi connectivity index (χ1) is 12.8. The van der Waals surface area contributed by atoms with Crippen molar-refractivity contribution in [2.75, 3.05) is 32.6 Å². The van der Waals surface area contributed by atoms with Gasteiger partial charge in [0.05, 0.1) is 34.3 Å². The zero-order valence-corrected chi connectivity index (χ0v) is 17.4. The van der Waals surface area contributed by atoms with Crippen LogP contribution >= 0.6 is 34.5 Å². The SMILES string of the molecule is CS(=O)(=O)c1csc(C(=O)N2CCOC(COc3cncc(Cl)c3)C2)c1Cl. The second-order valence-electron chi connectivity index (χ2n) is 5.91. The van der Waals surface area contributed by atoms with Gasteiger partial charge < -0.3 is 14.4 Å². The Morgan fingerprint density at radius 3 is 2.89 bits per heavy atom. The molecule has 0 N–H and O–H groups in total. The number of ether oxygens (including phenoxy) is 2. The third-order valence-electron chi connectivity index (χ3n) is 3.83. The number of sulfone groups is 1. The lowest BCUT2D eigenvalue weighted by Gasteiger charge is -2.32. The number of amides is 1. The molecule has 0 spiro atoms. The van der Waals surface area contributed by atoms with E-state index in [4.69, 9.17) is 32.7 Å². The fourth-order valence-electron chi connectivity index (χ4n) is 2.53. The lowest BCUT2D eigenvalue weighted by molar-refractivity contribution is -0.0400. The largest absolute Gasteiger partial charge is 0.489 e. The number of carbonyl (C=O) groups is 1. The maximum atomic E-state index is 12.8. The highest BCUT2D eigenvalue weighted by molar-refractivity contribution is 7.91. The van der Waals surface area contributed by atoms with Crippen molar-refractivity contribution in [3.8, 4) is 5.75 Å². The van der Waals surface area contributed by atoms with Crippen molar-refractivity contribution in [3.63, 3.8) is 0 Å². The van der Waals surface area contributed by atoms with Crippen molar-refractivity contribution in [1.29, 1.82) is 0 Å². The van der Waals surface area contributed by atoms with Crippen molar-refractivity contribution < 1.29 is 22.7 Å². The third kappa shape index (κ3) is 4.91. The number of rotatable bonds is 5. The van der Waals surface area contributed by atoms with E-state index in [-0.39, 0.29) is 33.4 Å². The number of carbonyl (C=O) groups excluding carboxylic acids is 1. The molecule has 3 heterocycles. The van der Waals surface area contributed by atoms with Crippen molar-refractivity contribution in [3.05, 3.63) is 38.8 Å². The van der Waals surface area contributed by atoms with Gasteiger partial charge in [-0.2, -0.15) is 0 Å². The number of aromatic nitrogens is 1. The topological polar surface area (TPSA) is 85.8 Å². The summed E-state index contributed by atoms with van der Waals surface area (Å²) in [5.74, 6) is 0.186. The molecule has 2 aromatic heterocycles. The van der Waals surface area contributed by atoms with E-state index < -0.39 is 9.84 Å². The fourth-order valence-corrected chi connectivity index (χ4v) is 5.57. The Bertz CT molecular complexity index is 948. The Labute approximate surface area is 170 Å². The Morgan fingerprint density at radius 1 is 1.44 bits per heavy atom. The number of hydrogen-bond acceptors (Lipinski definition) is 7. The zero-order chi connectivity index (χ0) is 19.6. The van der Waals surface area contributed by atoms with E-state index in [0.29, 0.717) is 30.5 Å². The molecule has 0 radical (unpaired) electrons. The first kappa shape index (κ1) is 20.3. The number of hydrogen-bond donors (Lipinski definition) is 0. The molecular weight excluding hydrogens is 435 g/mol. The normalized spacial score (nSPS) is 17.7. The minimum Gasteiger partial charge on any atom is -0.489 e. The predicted molar refractivity (Wildman–Crippen MR) is 103 cm³/mol. The Hall–Kier alpha value is -1.39. The highest BCUT2D eigenvalue weighted by atomic mass is 35.5. The van der Waals surface area contributed by atoms with Gasteiger partial charge in [-0.15, -0.1) is 11.3 Å². The van der Waals surface area contributed by atoms with E-state index in [9.17, 15) is 13.2 Å². The summed E-state index contributed by atoms with van der Waals surface area (Å²) in [6, 6.07) is 1.64. The van der Waals surface area contributed by atoms with Gasteiger partial charge in [0, 0.05) is 30.4 Å². The molecule has 1 fully saturated rings. The minimum absolute atomic E-state index is 0.0286. The third-order valence-corrected chi connectivity index (χ3v) is 6.90. The van der Waals surface area contributed by atoms with Gasteiger partial charge in [-0.1, -0.05) is 23.2 Å². The summed E-state index contributed by atoms with van der Waals surface area (Å²) >= 11 is 13.0. The summed E-state index contributed by atoms with van der Waals surface area (Å²) in [6.45, 7) is 1.25. The van der Waals surface area contributed by atoms with Crippen molar-refractivity contribution in [2.24, 2.45) is 0 Å². The van der Waals surface area contributed by atoms with Gasteiger partial charge in [-0.25, -0.2) is 8.42 Å². The minimum atomic E-state index is -3.48. The number of halogens is 2. The van der Waals surface area contributed by atoms with Crippen LogP contribution in [0.5, 0.6) is 5.75 Å². The Kier molecular flexibility index (Phi) is 6.27. The second kappa shape index (κ2) is 8.32. The fraction of sp³-hybridized carbons (Fsp3) is 0.375. The zero-order valence-electron chi connectivity index (χ0n) is 14.2. The van der Waals surface area contributed by atoms with Crippen LogP contribution in [0.4, 0.5) is 0 Å². The summed E-state index contributed by atoms with van der Waals surface area (Å²) < 4.78 is 34.7. The number of pyridine rings is 1. The summed E-state index contributed by atoms with van der Waals surface area (Å²) in [7, 11) is -3.48. The molecule has 0 aromatic carbocycles. The van der Waals surface area contributed by atoms with Gasteiger partial charge in [0.25, 0.3) is 5.91 Å². The van der Waals surface area contributed by atoms with E-state index in [1.165, 1.54) is 17.8 Å². The van der Waals surface area contributed by atoms with Gasteiger partial charge in [-0.3, -0.25) is 9.78 Å². The molecule has 1 unspecified atom stereocenters. The van der Waals surface area contributed by atoms with Crippen LogP contribution in [0.3, 0.4) is 0 Å². The average molecular weight is 451 g/mol. The highest BCUT2D eigenvalue weighted by Gasteiger charge is 2.30. The van der Waals surface area contributed by atoms with E-state index in [1.807, 2.05) is 0 Å². The standard InChI is InChI=1S/C16H16Cl2N2O5S2/c1-27(22,23)13-9-26-15(14(13)18)16(21)20-2-3-24-12(7-20)8-25-11-4-10(17)5-19-6-11/h4-6,9,12H,2-3,7-8H2,1H3. The van der Waals surface area contributed by atoms with E-state index in [1.54, 1.807) is 11.0 Å². The first-order valence-electron chi connectivity index (χ1n) is 7.87. The molecular formula is C16H16Cl2N2O5S2. The van der Waals surface area contributed by atoms with Gasteiger partial charge >= 0.3 is 0 Å². The molecule has 0 aliphatic carbocycles. The lowest BCUT2D eigenvalue weighted by atomic mass is 10.2. The predicted octanol–water partition coefficient (Wildman–Crippen LogP) is 2.77. The molecule has 0 bridgehead atoms. The maximum Gasteiger partial charge on any atom is 0.265 e. The molecule has 2 aromatic rings. The van der Waals surface area contributed by atoms with E-state index >= 15 is 0 Å². The van der Waals surface area contributed by atoms with Gasteiger partial charge in [-0.05, 0) is 0 Å². The lowest BCUT2D eigenvalue weighted by Crippen LogP contribution is -2.47. The van der Waals surface area contributed by atoms with Crippen LogP contribution < -0.4 is 4.74 Å². The molecule has 1 aliphatic rings. The molecule has 27 heavy (non-hydrogen) atoms. The molecule has 1 saturated heterocycles. The van der Waals surface area contributed by atoms with Crippen molar-refractivity contribution in [1.82, 2.24) is 9.88 Å². The monoisotopic (exact) mass is 450 g/mol. The number of thiophene rings is 1. The molecule has 7 nitrogen and oxygen atoms in total. The van der Waals surface area contributed by atoms with Crippen LogP contribution in [-0.4, -0.2) is 62.9 Å². The first-order valence-corrected chi connectivity index (χ1v) is 11.4. The molecule has 1 atom stereocenters. The van der Waals surface area contributed by atoms with Crippen LogP contribution in [0, 0.1) is 0 Å². The average Bonchev–Trinajstić information content (AvgIpc) is 3.01.